The van der Waals surface area contributed by atoms with Crippen molar-refractivity contribution in [3.63, 3.8) is 0 Å². The van der Waals surface area contributed by atoms with E-state index in [1.165, 1.54) is 34.7 Å². The van der Waals surface area contributed by atoms with Crippen LogP contribution in [0.5, 0.6) is 5.75 Å². The van der Waals surface area contributed by atoms with Crippen LogP contribution in [0.1, 0.15) is 28.4 Å². The second kappa shape index (κ2) is 10.2. The Balaban J connectivity index is 1.43. The summed E-state index contributed by atoms with van der Waals surface area (Å²) in [5.74, 6) is -0.0845. The SMILES string of the molecule is COc1ccc(C(=O)NCC(C)N2CCc3ccccc3C2)cc1S(=O)(=O)N1CCOCC1. The topological polar surface area (TPSA) is 88.2 Å². The molecule has 178 valence electrons. The molecule has 0 radical (unpaired) electrons. The number of carbonyl (C=O) groups excluding carboxylic acids is 1. The van der Waals surface area contributed by atoms with Crippen LogP contribution >= 0.6 is 0 Å². The van der Waals surface area contributed by atoms with Crippen molar-refractivity contribution < 1.29 is 22.7 Å². The zero-order valence-corrected chi connectivity index (χ0v) is 19.9. The highest BCUT2D eigenvalue weighted by Gasteiger charge is 2.30. The molecule has 2 aromatic rings. The summed E-state index contributed by atoms with van der Waals surface area (Å²) >= 11 is 0. The van der Waals surface area contributed by atoms with Gasteiger partial charge in [-0.3, -0.25) is 9.69 Å². The van der Waals surface area contributed by atoms with Crippen LogP contribution in [0.4, 0.5) is 0 Å². The Morgan fingerprint density at radius 2 is 1.85 bits per heavy atom. The molecule has 0 bridgehead atoms. The molecule has 2 heterocycles. The summed E-state index contributed by atoms with van der Waals surface area (Å²) in [5.41, 5.74) is 3.01. The van der Waals surface area contributed by atoms with E-state index in [1.807, 2.05) is 0 Å². The summed E-state index contributed by atoms with van der Waals surface area (Å²) in [5, 5.41) is 2.97. The predicted octanol–water partition coefficient (Wildman–Crippen LogP) is 1.89. The highest BCUT2D eigenvalue weighted by molar-refractivity contribution is 7.89. The van der Waals surface area contributed by atoms with E-state index in [9.17, 15) is 13.2 Å². The van der Waals surface area contributed by atoms with Gasteiger partial charge in [0.1, 0.15) is 10.6 Å². The molecule has 1 unspecified atom stereocenters. The predicted molar refractivity (Wildman–Crippen MR) is 125 cm³/mol. The largest absolute Gasteiger partial charge is 0.495 e. The first-order valence-corrected chi connectivity index (χ1v) is 12.7. The van der Waals surface area contributed by atoms with E-state index in [4.69, 9.17) is 9.47 Å². The first-order chi connectivity index (χ1) is 15.9. The number of sulfonamides is 1. The molecule has 2 aliphatic heterocycles. The van der Waals surface area contributed by atoms with E-state index in [0.717, 1.165) is 19.5 Å². The second-order valence-corrected chi connectivity index (χ2v) is 10.3. The minimum atomic E-state index is -3.80. The highest BCUT2D eigenvalue weighted by Crippen LogP contribution is 2.28. The number of ether oxygens (including phenoxy) is 2. The van der Waals surface area contributed by atoms with Gasteiger partial charge in [0.05, 0.1) is 20.3 Å². The van der Waals surface area contributed by atoms with Gasteiger partial charge in [-0.1, -0.05) is 24.3 Å². The van der Waals surface area contributed by atoms with Crippen molar-refractivity contribution in [2.24, 2.45) is 0 Å². The Labute approximate surface area is 195 Å². The third-order valence-corrected chi connectivity index (χ3v) is 8.28. The minimum Gasteiger partial charge on any atom is -0.495 e. The van der Waals surface area contributed by atoms with Crippen molar-refractivity contribution in [3.05, 3.63) is 59.2 Å². The molecule has 33 heavy (non-hydrogen) atoms. The van der Waals surface area contributed by atoms with Gasteiger partial charge in [0.2, 0.25) is 10.0 Å². The third kappa shape index (κ3) is 5.22. The quantitative estimate of drug-likeness (QED) is 0.661. The zero-order chi connectivity index (χ0) is 23.4. The van der Waals surface area contributed by atoms with E-state index in [0.29, 0.717) is 25.3 Å². The smallest absolute Gasteiger partial charge is 0.251 e. The number of morpholine rings is 1. The molecule has 1 amide bonds. The van der Waals surface area contributed by atoms with Crippen LogP contribution in [-0.2, 0) is 27.7 Å². The summed E-state index contributed by atoms with van der Waals surface area (Å²) in [6, 6.07) is 13.1. The number of hydrogen-bond acceptors (Lipinski definition) is 6. The molecular formula is C24H31N3O5S. The molecule has 0 saturated carbocycles. The van der Waals surface area contributed by atoms with Crippen LogP contribution in [0, 0.1) is 0 Å². The van der Waals surface area contributed by atoms with Crippen LogP contribution < -0.4 is 10.1 Å². The van der Waals surface area contributed by atoms with Gasteiger partial charge in [-0.15, -0.1) is 0 Å². The van der Waals surface area contributed by atoms with Crippen LogP contribution in [0.25, 0.3) is 0 Å². The number of hydrogen-bond donors (Lipinski definition) is 1. The molecule has 1 N–H and O–H groups in total. The average molecular weight is 474 g/mol. The van der Waals surface area contributed by atoms with E-state index in [-0.39, 0.29) is 35.7 Å². The lowest BCUT2D eigenvalue weighted by molar-refractivity contribution is 0.0729. The van der Waals surface area contributed by atoms with Gasteiger partial charge in [0.15, 0.2) is 0 Å². The lowest BCUT2D eigenvalue weighted by Gasteiger charge is -2.33. The van der Waals surface area contributed by atoms with Crippen molar-refractivity contribution in [1.29, 1.82) is 0 Å². The Morgan fingerprint density at radius 1 is 1.12 bits per heavy atom. The molecule has 1 saturated heterocycles. The molecule has 4 rings (SSSR count). The monoisotopic (exact) mass is 473 g/mol. The minimum absolute atomic E-state index is 0.000219. The van der Waals surface area contributed by atoms with Crippen molar-refractivity contribution >= 4 is 15.9 Å². The fourth-order valence-electron chi connectivity index (χ4n) is 4.31. The van der Waals surface area contributed by atoms with E-state index in [1.54, 1.807) is 6.07 Å². The summed E-state index contributed by atoms with van der Waals surface area (Å²) in [6.45, 7) is 5.61. The molecular weight excluding hydrogens is 442 g/mol. The molecule has 1 fully saturated rings. The third-order valence-electron chi connectivity index (χ3n) is 6.36. The number of methoxy groups -OCH3 is 1. The van der Waals surface area contributed by atoms with Gasteiger partial charge < -0.3 is 14.8 Å². The molecule has 2 aliphatic rings. The number of rotatable bonds is 7. The Morgan fingerprint density at radius 3 is 2.58 bits per heavy atom. The number of carbonyl (C=O) groups is 1. The maximum absolute atomic E-state index is 13.2. The molecule has 9 heteroatoms. The molecule has 0 aliphatic carbocycles. The van der Waals surface area contributed by atoms with Crippen LogP contribution in [-0.4, -0.2) is 76.1 Å². The number of amides is 1. The van der Waals surface area contributed by atoms with Crippen LogP contribution in [0.3, 0.4) is 0 Å². The van der Waals surface area contributed by atoms with Crippen molar-refractivity contribution in [2.75, 3.05) is 46.5 Å². The van der Waals surface area contributed by atoms with Gasteiger partial charge in [-0.2, -0.15) is 4.31 Å². The summed E-state index contributed by atoms with van der Waals surface area (Å²) in [6.07, 6.45) is 0.996. The Hall–Kier alpha value is -2.46. The summed E-state index contributed by atoms with van der Waals surface area (Å²) in [4.78, 5) is 15.2. The Bertz CT molecular complexity index is 1100. The number of nitrogens with one attached hydrogen (secondary N) is 1. The molecule has 8 nitrogen and oxygen atoms in total. The van der Waals surface area contributed by atoms with Gasteiger partial charge in [-0.05, 0) is 42.7 Å². The van der Waals surface area contributed by atoms with E-state index >= 15 is 0 Å². The molecule has 0 aromatic heterocycles. The van der Waals surface area contributed by atoms with Gasteiger partial charge >= 0.3 is 0 Å². The highest BCUT2D eigenvalue weighted by atomic mass is 32.2. The van der Waals surface area contributed by atoms with Crippen LogP contribution in [0.15, 0.2) is 47.4 Å². The fourth-order valence-corrected chi connectivity index (χ4v) is 5.90. The van der Waals surface area contributed by atoms with E-state index < -0.39 is 10.0 Å². The maximum Gasteiger partial charge on any atom is 0.251 e. The second-order valence-electron chi connectivity index (χ2n) is 8.43. The van der Waals surface area contributed by atoms with E-state index in [2.05, 4.69) is 41.4 Å². The lowest BCUT2D eigenvalue weighted by Crippen LogP contribution is -2.44. The summed E-state index contributed by atoms with van der Waals surface area (Å²) in [7, 11) is -2.38. The van der Waals surface area contributed by atoms with Gasteiger partial charge in [-0.25, -0.2) is 8.42 Å². The van der Waals surface area contributed by atoms with Crippen molar-refractivity contribution in [3.8, 4) is 5.75 Å². The number of benzene rings is 2. The first-order valence-electron chi connectivity index (χ1n) is 11.2. The zero-order valence-electron chi connectivity index (χ0n) is 19.1. The van der Waals surface area contributed by atoms with Crippen molar-refractivity contribution in [1.82, 2.24) is 14.5 Å². The molecule has 0 spiro atoms. The number of fused-ring (bicyclic) bond motifs is 1. The van der Waals surface area contributed by atoms with Gasteiger partial charge in [0, 0.05) is 44.3 Å². The maximum atomic E-state index is 13.2. The van der Waals surface area contributed by atoms with Crippen LogP contribution in [0.2, 0.25) is 0 Å². The lowest BCUT2D eigenvalue weighted by atomic mass is 9.99. The average Bonchev–Trinajstić information content (AvgIpc) is 2.86. The van der Waals surface area contributed by atoms with Gasteiger partial charge in [0.25, 0.3) is 5.91 Å². The van der Waals surface area contributed by atoms with Crippen molar-refractivity contribution in [2.45, 2.75) is 30.8 Å². The first kappa shape index (κ1) is 23.7. The molecule has 1 atom stereocenters. The molecule has 2 aromatic carbocycles. The summed E-state index contributed by atoms with van der Waals surface area (Å²) < 4.78 is 38.3. The number of nitrogens with zero attached hydrogens (tertiary/aromatic N) is 2. The normalized spacial score (nSPS) is 18.4. The Kier molecular flexibility index (Phi) is 7.33. The fraction of sp³-hybridized carbons (Fsp3) is 0.458. The standard InChI is InChI=1S/C24H31N3O5S/c1-18(26-10-9-19-5-3-4-6-21(19)17-26)16-25-24(28)20-7-8-22(31-2)23(15-20)33(29,30)27-11-13-32-14-12-27/h3-8,15,18H,9-14,16-17H2,1-2H3,(H,25,28).